The first-order valence-electron chi connectivity index (χ1n) is 31.6. The second-order valence-electron chi connectivity index (χ2n) is 27.6. The molecule has 10 aromatic rings. The summed E-state index contributed by atoms with van der Waals surface area (Å²) < 4.78 is 7.25. The number of anilines is 3. The Labute approximate surface area is 498 Å². The van der Waals surface area contributed by atoms with E-state index in [9.17, 15) is 0 Å². The van der Waals surface area contributed by atoms with Gasteiger partial charge in [-0.25, -0.2) is 0 Å². The summed E-state index contributed by atoms with van der Waals surface area (Å²) in [5, 5.41) is 0. The Morgan fingerprint density at radius 2 is 0.702 bits per heavy atom. The van der Waals surface area contributed by atoms with Crippen molar-refractivity contribution in [3.8, 4) is 56.0 Å². The topological polar surface area (TPSA) is 12.5 Å². The normalized spacial score (nSPS) is 16.9. The summed E-state index contributed by atoms with van der Waals surface area (Å²) in [4.78, 5) is 2.58. The molecule has 1 heterocycles. The van der Waals surface area contributed by atoms with E-state index in [0.717, 1.165) is 28.6 Å². The molecule has 0 N–H and O–H groups in total. The van der Waals surface area contributed by atoms with Gasteiger partial charge in [-0.3, -0.25) is 0 Å². The maximum Gasteiger partial charge on any atom is 0.132 e. The zero-order chi connectivity index (χ0) is 56.7. The Morgan fingerprint density at radius 1 is 0.321 bits per heavy atom. The number of nitrogens with zero attached hydrogens (tertiary/aromatic N) is 1. The SMILES string of the molecule is CC(C)(C)c1ccc2c(c1)C1(c3ccccc3-c3ccc(N(c4ccc(-c5ccccc5)cc4)c4ccc5c(c4)C4(c6cc(C7CCCCC7)ccc6Oc6ccc(C7CCCCC7)cc64)c4ccccc4-5)cc31)c1cc(C(C)(C)C)ccc1-2. The zero-order valence-corrected chi connectivity index (χ0v) is 49.8. The molecule has 5 aliphatic carbocycles. The molecule has 0 unspecified atom stereocenters. The van der Waals surface area contributed by atoms with Gasteiger partial charge >= 0.3 is 0 Å². The highest BCUT2D eigenvalue weighted by Gasteiger charge is 2.54. The third-order valence-electron chi connectivity index (χ3n) is 20.9. The maximum absolute atomic E-state index is 7.25. The minimum Gasteiger partial charge on any atom is -0.457 e. The van der Waals surface area contributed by atoms with E-state index >= 15 is 0 Å². The van der Waals surface area contributed by atoms with Gasteiger partial charge in [-0.05, 0) is 197 Å². The van der Waals surface area contributed by atoms with Crippen LogP contribution in [0.25, 0.3) is 44.5 Å². The maximum atomic E-state index is 7.25. The van der Waals surface area contributed by atoms with E-state index in [0.29, 0.717) is 11.8 Å². The summed E-state index contributed by atoms with van der Waals surface area (Å²) in [6.45, 7) is 14.2. The summed E-state index contributed by atoms with van der Waals surface area (Å²) in [6.07, 6.45) is 12.8. The van der Waals surface area contributed by atoms with Crippen LogP contribution in [0.4, 0.5) is 17.1 Å². The fourth-order valence-electron chi connectivity index (χ4n) is 16.6. The Morgan fingerprint density at radius 3 is 1.17 bits per heavy atom. The third kappa shape index (κ3) is 7.67. The molecular formula is C82H75NO. The lowest BCUT2D eigenvalue weighted by atomic mass is 9.64. The van der Waals surface area contributed by atoms with Gasteiger partial charge in [0.15, 0.2) is 0 Å². The first-order valence-corrected chi connectivity index (χ1v) is 31.6. The molecule has 10 aromatic carbocycles. The highest BCUT2D eigenvalue weighted by Crippen LogP contribution is 2.66. The number of rotatable bonds is 6. The van der Waals surface area contributed by atoms with Gasteiger partial charge in [0.1, 0.15) is 11.5 Å². The van der Waals surface area contributed by atoms with E-state index in [1.54, 1.807) is 0 Å². The molecule has 0 radical (unpaired) electrons. The number of fused-ring (bicyclic) bond motifs is 19. The molecule has 2 fully saturated rings. The fraction of sp³-hybridized carbons (Fsp3) is 0.268. The van der Waals surface area contributed by atoms with Crippen molar-refractivity contribution in [2.24, 2.45) is 0 Å². The second-order valence-corrected chi connectivity index (χ2v) is 27.6. The molecule has 84 heavy (non-hydrogen) atoms. The highest BCUT2D eigenvalue weighted by molar-refractivity contribution is 5.98. The smallest absolute Gasteiger partial charge is 0.132 e. The standard InChI is InChI=1S/C82H75NO/c1-79(2,3)58-34-40-65-66-41-35-59(80(4,5)6)49-72(66)81(71(65)48-58)69-28-18-16-26-63(69)67-42-38-61(50-73(67)81)83(60-36-30-55(31-37-60)52-20-10-7-11-21-52)62-39-43-68-64-27-17-19-29-70(64)82(74(68)51-62)75-46-56(53-22-12-8-13-23-53)32-44-77(75)84-78-45-33-57(47-76(78)82)54-24-14-9-15-25-54/h7,10-11,16-21,26-51,53-54H,8-9,12-15,22-25H2,1-6H3. The number of hydrogen-bond donors (Lipinski definition) is 0. The van der Waals surface area contributed by atoms with Gasteiger partial charge in [-0.15, -0.1) is 0 Å². The lowest BCUT2D eigenvalue weighted by molar-refractivity contribution is 0.424. The third-order valence-corrected chi connectivity index (χ3v) is 20.9. The van der Waals surface area contributed by atoms with Gasteiger partial charge in [0.2, 0.25) is 0 Å². The molecule has 0 aromatic heterocycles. The van der Waals surface area contributed by atoms with Gasteiger partial charge in [-0.1, -0.05) is 244 Å². The summed E-state index contributed by atoms with van der Waals surface area (Å²) in [6, 6.07) is 83.3. The predicted molar refractivity (Wildman–Crippen MR) is 349 cm³/mol. The van der Waals surface area contributed by atoms with Crippen LogP contribution in [0.2, 0.25) is 0 Å². The van der Waals surface area contributed by atoms with Crippen LogP contribution < -0.4 is 9.64 Å². The summed E-state index contributed by atoms with van der Waals surface area (Å²) in [7, 11) is 0. The van der Waals surface area contributed by atoms with Gasteiger partial charge in [0.05, 0.1) is 10.8 Å². The van der Waals surface area contributed by atoms with Crippen LogP contribution in [0.15, 0.2) is 212 Å². The number of benzene rings is 10. The van der Waals surface area contributed by atoms with Crippen molar-refractivity contribution in [2.75, 3.05) is 4.90 Å². The fourth-order valence-corrected chi connectivity index (χ4v) is 16.6. The van der Waals surface area contributed by atoms with Crippen LogP contribution >= 0.6 is 0 Å². The number of hydrogen-bond acceptors (Lipinski definition) is 2. The van der Waals surface area contributed by atoms with Crippen LogP contribution in [0.3, 0.4) is 0 Å². The van der Waals surface area contributed by atoms with E-state index in [-0.39, 0.29) is 10.8 Å². The Kier molecular flexibility index (Phi) is 11.7. The van der Waals surface area contributed by atoms with Crippen LogP contribution in [0.5, 0.6) is 11.5 Å². The molecule has 0 saturated heterocycles. The summed E-state index contributed by atoms with van der Waals surface area (Å²) >= 11 is 0. The second kappa shape index (κ2) is 19.2. The molecule has 6 aliphatic rings. The van der Waals surface area contributed by atoms with Crippen molar-refractivity contribution in [1.29, 1.82) is 0 Å². The Bertz CT molecular complexity index is 4130. The first-order chi connectivity index (χ1) is 40.9. The zero-order valence-electron chi connectivity index (χ0n) is 49.8. The van der Waals surface area contributed by atoms with E-state index in [1.807, 2.05) is 0 Å². The van der Waals surface area contributed by atoms with E-state index in [4.69, 9.17) is 4.74 Å². The minimum absolute atomic E-state index is 0.0436. The predicted octanol–water partition coefficient (Wildman–Crippen LogP) is 22.3. The molecule has 2 saturated carbocycles. The molecule has 414 valence electrons. The number of ether oxygens (including phenoxy) is 1. The molecule has 1 aliphatic heterocycles. The summed E-state index contributed by atoms with van der Waals surface area (Å²) in [5.41, 5.74) is 28.7. The quantitative estimate of drug-likeness (QED) is 0.165. The highest BCUT2D eigenvalue weighted by atomic mass is 16.5. The van der Waals surface area contributed by atoms with Crippen molar-refractivity contribution < 1.29 is 4.74 Å². The van der Waals surface area contributed by atoms with Crippen LogP contribution in [0.1, 0.15) is 184 Å². The average molecular weight is 1090 g/mol. The monoisotopic (exact) mass is 1090 g/mol. The molecule has 2 nitrogen and oxygen atoms in total. The minimum atomic E-state index is -0.626. The Balaban J connectivity index is 0.962. The van der Waals surface area contributed by atoms with Crippen molar-refractivity contribution in [1.82, 2.24) is 0 Å². The molecule has 2 spiro atoms. The van der Waals surface area contributed by atoms with Gasteiger partial charge in [0.25, 0.3) is 0 Å². The molecule has 16 rings (SSSR count). The van der Waals surface area contributed by atoms with Crippen LogP contribution in [0, 0.1) is 0 Å². The van der Waals surface area contributed by atoms with E-state index < -0.39 is 10.8 Å². The molecular weight excluding hydrogens is 1010 g/mol. The molecule has 2 heteroatoms. The first kappa shape index (κ1) is 51.4. The lowest BCUT2D eigenvalue weighted by Gasteiger charge is -2.41. The van der Waals surface area contributed by atoms with Gasteiger partial charge in [0, 0.05) is 28.2 Å². The van der Waals surface area contributed by atoms with Gasteiger partial charge < -0.3 is 9.64 Å². The summed E-state index contributed by atoms with van der Waals surface area (Å²) in [5.74, 6) is 3.03. The lowest BCUT2D eigenvalue weighted by Crippen LogP contribution is -2.33. The molecule has 0 bridgehead atoms. The largest absolute Gasteiger partial charge is 0.457 e. The van der Waals surface area contributed by atoms with Crippen molar-refractivity contribution in [3.63, 3.8) is 0 Å². The molecule has 0 atom stereocenters. The van der Waals surface area contributed by atoms with Crippen molar-refractivity contribution in [2.45, 2.75) is 139 Å². The average Bonchev–Trinajstić information content (AvgIpc) is 1.53. The molecule has 0 amide bonds. The van der Waals surface area contributed by atoms with E-state index in [2.05, 4.69) is 259 Å². The van der Waals surface area contributed by atoms with Gasteiger partial charge in [-0.2, -0.15) is 0 Å². The van der Waals surface area contributed by atoms with Crippen LogP contribution in [-0.2, 0) is 21.7 Å². The van der Waals surface area contributed by atoms with E-state index in [1.165, 1.54) is 175 Å². The van der Waals surface area contributed by atoms with Crippen LogP contribution in [-0.4, -0.2) is 0 Å². The Hall–Kier alpha value is -8.20. The van der Waals surface area contributed by atoms with Crippen molar-refractivity contribution >= 4 is 17.1 Å². The van der Waals surface area contributed by atoms with Crippen molar-refractivity contribution in [3.05, 3.63) is 279 Å².